The van der Waals surface area contributed by atoms with E-state index in [9.17, 15) is 14.4 Å². The molecule has 1 unspecified atom stereocenters. The fourth-order valence-electron chi connectivity index (χ4n) is 9.70. The topological polar surface area (TPSA) is 78.9 Å². The van der Waals surface area contributed by atoms with Gasteiger partial charge in [-0.15, -0.1) is 0 Å². The van der Waals surface area contributed by atoms with E-state index in [-0.39, 0.29) is 31.1 Å². The zero-order valence-electron chi connectivity index (χ0n) is 53.3. The zero-order valence-corrected chi connectivity index (χ0v) is 53.3. The predicted octanol–water partition coefficient (Wildman–Crippen LogP) is 23.8. The van der Waals surface area contributed by atoms with Crippen LogP contribution in [0.3, 0.4) is 0 Å². The number of carbonyl (C=O) groups excluding carboxylic acids is 3. The highest BCUT2D eigenvalue weighted by atomic mass is 16.6. The molecule has 6 heteroatoms. The molecule has 0 radical (unpaired) electrons. The van der Waals surface area contributed by atoms with E-state index in [0.29, 0.717) is 19.3 Å². The standard InChI is InChI=1S/C75H128O6/c1-4-7-10-13-16-19-22-25-27-29-31-33-35-36-37-38-40-41-43-45-47-50-53-56-59-62-65-68-74(77)80-71-72(70-79-73(76)67-64-61-58-55-52-49-24-21-18-15-12-9-6-3)81-75(78)69-66-63-60-57-54-51-48-46-44-42-39-34-32-30-28-26-23-20-17-14-11-8-5-2/h7,9-10,12,16,18-19,21,25,27,31,33,36-37,40-41,49,52,72H,4-6,8,11,13-15,17,20,22-24,26,28-30,32,34-35,38-39,42-48,50-51,53-71H2,1-3H3/b10-7-,12-9-,19-16-,21-18-,27-25-,33-31-,37-36-,41-40-,52-49-. The molecule has 0 heterocycles. The van der Waals surface area contributed by atoms with Crippen LogP contribution in [-0.2, 0) is 28.6 Å². The number of rotatable bonds is 62. The largest absolute Gasteiger partial charge is 0.462 e. The quantitative estimate of drug-likeness (QED) is 0.0261. The Morgan fingerprint density at radius 3 is 0.765 bits per heavy atom. The summed E-state index contributed by atoms with van der Waals surface area (Å²) in [6.45, 7) is 6.42. The van der Waals surface area contributed by atoms with Gasteiger partial charge in [0, 0.05) is 19.3 Å². The van der Waals surface area contributed by atoms with Gasteiger partial charge in [-0.2, -0.15) is 0 Å². The first-order valence-corrected chi connectivity index (χ1v) is 34.4. The normalized spacial score (nSPS) is 12.8. The van der Waals surface area contributed by atoms with Crippen molar-refractivity contribution in [2.45, 2.75) is 335 Å². The van der Waals surface area contributed by atoms with Crippen molar-refractivity contribution in [3.8, 4) is 0 Å². The van der Waals surface area contributed by atoms with Crippen LogP contribution in [0.5, 0.6) is 0 Å². The summed E-state index contributed by atoms with van der Waals surface area (Å²) in [4.78, 5) is 38.4. The lowest BCUT2D eigenvalue weighted by Crippen LogP contribution is -2.30. The van der Waals surface area contributed by atoms with Gasteiger partial charge >= 0.3 is 17.9 Å². The molecule has 464 valence electrons. The van der Waals surface area contributed by atoms with E-state index in [4.69, 9.17) is 14.2 Å². The minimum atomic E-state index is -0.795. The van der Waals surface area contributed by atoms with Crippen LogP contribution >= 0.6 is 0 Å². The van der Waals surface area contributed by atoms with Gasteiger partial charge < -0.3 is 14.2 Å². The van der Waals surface area contributed by atoms with Crippen LogP contribution in [0.2, 0.25) is 0 Å². The Morgan fingerprint density at radius 2 is 0.481 bits per heavy atom. The van der Waals surface area contributed by atoms with Crippen LogP contribution < -0.4 is 0 Å². The molecule has 0 fully saturated rings. The molecule has 0 amide bonds. The maximum Gasteiger partial charge on any atom is 0.306 e. The van der Waals surface area contributed by atoms with Crippen LogP contribution in [0, 0.1) is 0 Å². The first kappa shape index (κ1) is 77.1. The van der Waals surface area contributed by atoms with Gasteiger partial charge in [0.25, 0.3) is 0 Å². The molecule has 1 atom stereocenters. The molecule has 0 saturated carbocycles. The van der Waals surface area contributed by atoms with E-state index in [0.717, 1.165) is 128 Å². The molecule has 0 aliphatic rings. The third-order valence-corrected chi connectivity index (χ3v) is 14.8. The van der Waals surface area contributed by atoms with E-state index < -0.39 is 6.10 Å². The van der Waals surface area contributed by atoms with Crippen molar-refractivity contribution in [1.82, 2.24) is 0 Å². The smallest absolute Gasteiger partial charge is 0.306 e. The van der Waals surface area contributed by atoms with Crippen molar-refractivity contribution in [3.63, 3.8) is 0 Å². The summed E-state index contributed by atoms with van der Waals surface area (Å²) >= 11 is 0. The van der Waals surface area contributed by atoms with Gasteiger partial charge in [0.15, 0.2) is 6.10 Å². The Hall–Kier alpha value is -3.93. The lowest BCUT2D eigenvalue weighted by molar-refractivity contribution is -0.167. The molecule has 0 aliphatic carbocycles. The molecular weight excluding hydrogens is 997 g/mol. The van der Waals surface area contributed by atoms with Gasteiger partial charge in [-0.05, 0) is 103 Å². The molecule has 0 spiro atoms. The summed E-state index contributed by atoms with van der Waals surface area (Å²) in [5, 5.41) is 0. The third-order valence-electron chi connectivity index (χ3n) is 14.8. The summed E-state index contributed by atoms with van der Waals surface area (Å²) in [6, 6.07) is 0. The van der Waals surface area contributed by atoms with E-state index in [1.54, 1.807) is 0 Å². The molecule has 0 aliphatic heterocycles. The molecular formula is C75H128O6. The summed E-state index contributed by atoms with van der Waals surface area (Å²) in [6.07, 6.45) is 94.0. The monoisotopic (exact) mass is 1120 g/mol. The minimum absolute atomic E-state index is 0.0905. The lowest BCUT2D eigenvalue weighted by Gasteiger charge is -2.18. The minimum Gasteiger partial charge on any atom is -0.462 e. The predicted molar refractivity (Wildman–Crippen MR) is 353 cm³/mol. The number of esters is 3. The number of ether oxygens (including phenoxy) is 3. The first-order valence-electron chi connectivity index (χ1n) is 34.4. The van der Waals surface area contributed by atoms with Crippen LogP contribution in [0.25, 0.3) is 0 Å². The molecule has 0 aromatic heterocycles. The highest BCUT2D eigenvalue weighted by Gasteiger charge is 2.19. The number of unbranched alkanes of at least 4 members (excludes halogenated alkanes) is 33. The van der Waals surface area contributed by atoms with E-state index >= 15 is 0 Å². The van der Waals surface area contributed by atoms with Gasteiger partial charge in [-0.25, -0.2) is 0 Å². The summed E-state index contributed by atoms with van der Waals surface area (Å²) < 4.78 is 16.9. The second-order valence-corrected chi connectivity index (χ2v) is 22.7. The molecule has 0 saturated heterocycles. The van der Waals surface area contributed by atoms with Gasteiger partial charge in [-0.3, -0.25) is 14.4 Å². The van der Waals surface area contributed by atoms with Crippen LogP contribution in [0.4, 0.5) is 0 Å². The number of allylic oxidation sites excluding steroid dienone is 18. The highest BCUT2D eigenvalue weighted by Crippen LogP contribution is 2.17. The van der Waals surface area contributed by atoms with Gasteiger partial charge in [0.2, 0.25) is 0 Å². The molecule has 0 aromatic carbocycles. The Bertz CT molecular complexity index is 1620. The molecule has 0 aromatic rings. The van der Waals surface area contributed by atoms with Gasteiger partial charge in [0.1, 0.15) is 13.2 Å². The van der Waals surface area contributed by atoms with Crippen molar-refractivity contribution in [2.75, 3.05) is 13.2 Å². The van der Waals surface area contributed by atoms with Gasteiger partial charge in [-0.1, -0.05) is 316 Å². The fraction of sp³-hybridized carbons (Fsp3) is 0.720. The van der Waals surface area contributed by atoms with E-state index in [1.165, 1.54) is 161 Å². The van der Waals surface area contributed by atoms with Crippen molar-refractivity contribution < 1.29 is 28.6 Å². The van der Waals surface area contributed by atoms with Crippen molar-refractivity contribution >= 4 is 17.9 Å². The molecule has 6 nitrogen and oxygen atoms in total. The Morgan fingerprint density at radius 1 is 0.259 bits per heavy atom. The Balaban J connectivity index is 4.32. The molecule has 0 bridgehead atoms. The average molecular weight is 1130 g/mol. The highest BCUT2D eigenvalue weighted by molar-refractivity contribution is 5.71. The number of carbonyl (C=O) groups is 3. The number of hydrogen-bond donors (Lipinski definition) is 0. The molecule has 0 N–H and O–H groups in total. The van der Waals surface area contributed by atoms with E-state index in [2.05, 4.69) is 130 Å². The SMILES string of the molecule is CC/C=C\C/C=C\C/C=C\C/C=C\C/C=C\C/C=C\CCCCCCCCCCC(=O)OCC(COC(=O)CCCCC/C=C\C/C=C\C/C=C\CC)OC(=O)CCCCCCCCCCCCCCCCCCCCCCCCC. The van der Waals surface area contributed by atoms with Crippen molar-refractivity contribution in [1.29, 1.82) is 0 Å². The second kappa shape index (κ2) is 68.6. The van der Waals surface area contributed by atoms with Crippen molar-refractivity contribution in [3.05, 3.63) is 109 Å². The molecule has 81 heavy (non-hydrogen) atoms. The maximum atomic E-state index is 12.9. The zero-order chi connectivity index (χ0) is 58.5. The van der Waals surface area contributed by atoms with Crippen LogP contribution in [-0.4, -0.2) is 37.2 Å². The Labute approximate surface area is 501 Å². The van der Waals surface area contributed by atoms with E-state index in [1.807, 2.05) is 0 Å². The van der Waals surface area contributed by atoms with Crippen LogP contribution in [0.15, 0.2) is 109 Å². The van der Waals surface area contributed by atoms with Crippen molar-refractivity contribution in [2.24, 2.45) is 0 Å². The molecule has 0 rings (SSSR count). The number of hydrogen-bond acceptors (Lipinski definition) is 6. The van der Waals surface area contributed by atoms with Gasteiger partial charge in [0.05, 0.1) is 0 Å². The summed E-state index contributed by atoms with van der Waals surface area (Å²) in [5.74, 6) is -0.915. The van der Waals surface area contributed by atoms with Crippen LogP contribution in [0.1, 0.15) is 329 Å². The maximum absolute atomic E-state index is 12.9. The first-order chi connectivity index (χ1) is 40.0. The Kier molecular flexibility index (Phi) is 65.2. The summed E-state index contributed by atoms with van der Waals surface area (Å²) in [5.41, 5.74) is 0. The third kappa shape index (κ3) is 66.8. The summed E-state index contributed by atoms with van der Waals surface area (Å²) in [7, 11) is 0. The lowest BCUT2D eigenvalue weighted by atomic mass is 10.0. The fourth-order valence-corrected chi connectivity index (χ4v) is 9.70. The average Bonchev–Trinajstić information content (AvgIpc) is 3.46. The second-order valence-electron chi connectivity index (χ2n) is 22.7.